The molecule has 27 heavy (non-hydrogen) atoms. The zero-order chi connectivity index (χ0) is 19.0. The van der Waals surface area contributed by atoms with Gasteiger partial charge in [-0.25, -0.2) is 4.39 Å². The molecule has 0 aliphatic carbocycles. The van der Waals surface area contributed by atoms with Gasteiger partial charge in [0.15, 0.2) is 0 Å². The third-order valence-electron chi connectivity index (χ3n) is 4.78. The Labute approximate surface area is 160 Å². The lowest BCUT2D eigenvalue weighted by atomic mass is 9.93. The van der Waals surface area contributed by atoms with Crippen molar-refractivity contribution in [3.8, 4) is 10.4 Å². The van der Waals surface area contributed by atoms with E-state index in [1.807, 2.05) is 30.3 Å². The smallest absolute Gasteiger partial charge is 0.264 e. The van der Waals surface area contributed by atoms with Crippen molar-refractivity contribution in [3.05, 3.63) is 82.5 Å². The van der Waals surface area contributed by atoms with Gasteiger partial charge >= 0.3 is 0 Å². The van der Waals surface area contributed by atoms with Gasteiger partial charge in [-0.1, -0.05) is 36.4 Å². The van der Waals surface area contributed by atoms with E-state index in [1.165, 1.54) is 23.5 Å². The van der Waals surface area contributed by atoms with Gasteiger partial charge < -0.3 is 10.6 Å². The molecule has 1 aromatic heterocycles. The van der Waals surface area contributed by atoms with Crippen LogP contribution < -0.4 is 5.73 Å². The minimum absolute atomic E-state index is 0.216. The first kappa shape index (κ1) is 17.4. The number of nitrogens with two attached hydrogens (primary N) is 1. The fourth-order valence-corrected chi connectivity index (χ4v) is 4.32. The summed E-state index contributed by atoms with van der Waals surface area (Å²) in [5.74, 6) is -1.03. The highest BCUT2D eigenvalue weighted by molar-refractivity contribution is 7.17. The molecule has 0 saturated carbocycles. The Morgan fingerprint density at radius 2 is 1.70 bits per heavy atom. The van der Waals surface area contributed by atoms with Crippen LogP contribution in [0.25, 0.3) is 10.4 Å². The molecule has 2 N–H and O–H groups in total. The zero-order valence-electron chi connectivity index (χ0n) is 14.4. The van der Waals surface area contributed by atoms with E-state index >= 15 is 0 Å². The van der Waals surface area contributed by atoms with Crippen LogP contribution in [0.15, 0.2) is 60.7 Å². The molecule has 0 spiro atoms. The monoisotopic (exact) mass is 380 g/mol. The van der Waals surface area contributed by atoms with Crippen LogP contribution in [-0.2, 0) is 17.8 Å². The average Bonchev–Trinajstić information content (AvgIpc) is 3.17. The maximum Gasteiger partial charge on any atom is 0.264 e. The molecule has 3 aromatic rings. The lowest BCUT2D eigenvalue weighted by Crippen LogP contribution is -2.51. The van der Waals surface area contributed by atoms with Gasteiger partial charge in [0.25, 0.3) is 5.91 Å². The van der Waals surface area contributed by atoms with E-state index in [0.29, 0.717) is 17.8 Å². The fraction of sp³-hybridized carbons (Fsp3) is 0.143. The number of thiophene rings is 1. The zero-order valence-corrected chi connectivity index (χ0v) is 15.2. The Hall–Kier alpha value is -2.99. The number of nitrogens with zero attached hydrogens (tertiary/aromatic N) is 1. The fourth-order valence-electron chi connectivity index (χ4n) is 3.35. The molecule has 4 rings (SSSR count). The number of hydrogen-bond acceptors (Lipinski definition) is 3. The van der Waals surface area contributed by atoms with E-state index in [0.717, 1.165) is 21.6 Å². The largest absolute Gasteiger partial charge is 0.368 e. The molecule has 1 atom stereocenters. The van der Waals surface area contributed by atoms with Crippen molar-refractivity contribution in [3.63, 3.8) is 0 Å². The molecule has 0 saturated heterocycles. The minimum Gasteiger partial charge on any atom is -0.368 e. The average molecular weight is 380 g/mol. The van der Waals surface area contributed by atoms with Gasteiger partial charge in [-0.2, -0.15) is 0 Å². The van der Waals surface area contributed by atoms with Crippen molar-refractivity contribution in [2.45, 2.75) is 19.0 Å². The quantitative estimate of drug-likeness (QED) is 0.754. The van der Waals surface area contributed by atoms with Gasteiger partial charge in [-0.05, 0) is 41.0 Å². The summed E-state index contributed by atoms with van der Waals surface area (Å²) >= 11 is 1.32. The first-order chi connectivity index (χ1) is 13.0. The second-order valence-corrected chi connectivity index (χ2v) is 7.58. The van der Waals surface area contributed by atoms with Gasteiger partial charge in [0, 0.05) is 17.8 Å². The first-order valence-corrected chi connectivity index (χ1v) is 9.37. The number of halogens is 1. The van der Waals surface area contributed by atoms with Crippen molar-refractivity contribution in [1.29, 1.82) is 0 Å². The number of carbonyl (C=O) groups is 2. The minimum atomic E-state index is -0.663. The van der Waals surface area contributed by atoms with E-state index in [-0.39, 0.29) is 11.7 Å². The number of amides is 2. The molecule has 2 heterocycles. The van der Waals surface area contributed by atoms with Gasteiger partial charge in [0.1, 0.15) is 11.9 Å². The molecule has 1 aliphatic rings. The van der Waals surface area contributed by atoms with Crippen molar-refractivity contribution < 1.29 is 14.0 Å². The third kappa shape index (κ3) is 3.36. The molecule has 136 valence electrons. The van der Waals surface area contributed by atoms with E-state index < -0.39 is 11.9 Å². The molecule has 4 nitrogen and oxygen atoms in total. The Morgan fingerprint density at radius 1 is 1.00 bits per heavy atom. The Bertz CT molecular complexity index is 1010. The second-order valence-electron chi connectivity index (χ2n) is 6.49. The molecular formula is C21H17FN2O2S. The standard InChI is InChI=1S/C21H17FN2O2S/c22-16-7-5-13(6-8-16)18-9-10-19(27-18)21(26)24-12-15-4-2-1-3-14(15)11-17(24)20(23)25/h1-10,17H,11-12H2,(H2,23,25). The Balaban J connectivity index is 1.63. The van der Waals surface area contributed by atoms with E-state index in [1.54, 1.807) is 23.1 Å². The highest BCUT2D eigenvalue weighted by Crippen LogP contribution is 2.31. The SMILES string of the molecule is NC(=O)C1Cc2ccccc2CN1C(=O)c1ccc(-c2ccc(F)cc2)s1. The molecule has 1 unspecified atom stereocenters. The van der Waals surface area contributed by atoms with Crippen LogP contribution in [0.1, 0.15) is 20.8 Å². The number of fused-ring (bicyclic) bond motifs is 1. The van der Waals surface area contributed by atoms with Gasteiger partial charge in [-0.15, -0.1) is 11.3 Å². The van der Waals surface area contributed by atoms with Crippen LogP contribution in [0.3, 0.4) is 0 Å². The molecule has 0 fully saturated rings. The lowest BCUT2D eigenvalue weighted by Gasteiger charge is -2.34. The van der Waals surface area contributed by atoms with Crippen LogP contribution in [0.5, 0.6) is 0 Å². The van der Waals surface area contributed by atoms with Gasteiger partial charge in [0.2, 0.25) is 5.91 Å². The Morgan fingerprint density at radius 3 is 2.41 bits per heavy atom. The predicted octanol–water partition coefficient (Wildman–Crippen LogP) is 3.61. The van der Waals surface area contributed by atoms with Crippen molar-refractivity contribution >= 4 is 23.2 Å². The summed E-state index contributed by atoms with van der Waals surface area (Å²) in [6, 6.07) is 16.8. The highest BCUT2D eigenvalue weighted by atomic mass is 32.1. The number of carbonyl (C=O) groups excluding carboxylic acids is 2. The summed E-state index contributed by atoms with van der Waals surface area (Å²) < 4.78 is 13.1. The maximum atomic E-state index is 13.1. The molecule has 6 heteroatoms. The number of rotatable bonds is 3. The summed E-state index contributed by atoms with van der Waals surface area (Å²) in [4.78, 5) is 28.0. The first-order valence-electron chi connectivity index (χ1n) is 8.56. The molecular weight excluding hydrogens is 363 g/mol. The summed E-state index contributed by atoms with van der Waals surface area (Å²) in [5.41, 5.74) is 8.49. The maximum absolute atomic E-state index is 13.1. The molecule has 0 radical (unpaired) electrons. The van der Waals surface area contributed by atoms with Crippen LogP contribution >= 0.6 is 11.3 Å². The van der Waals surface area contributed by atoms with Gasteiger partial charge in [-0.3, -0.25) is 9.59 Å². The van der Waals surface area contributed by atoms with E-state index in [2.05, 4.69) is 0 Å². The summed E-state index contributed by atoms with van der Waals surface area (Å²) in [5, 5.41) is 0. The summed E-state index contributed by atoms with van der Waals surface area (Å²) in [7, 11) is 0. The van der Waals surface area contributed by atoms with Crippen LogP contribution in [0.2, 0.25) is 0 Å². The molecule has 0 bridgehead atoms. The van der Waals surface area contributed by atoms with Crippen molar-refractivity contribution in [2.75, 3.05) is 0 Å². The van der Waals surface area contributed by atoms with Crippen LogP contribution in [-0.4, -0.2) is 22.8 Å². The van der Waals surface area contributed by atoms with Gasteiger partial charge in [0.05, 0.1) is 4.88 Å². The van der Waals surface area contributed by atoms with Crippen LogP contribution in [0, 0.1) is 5.82 Å². The number of benzene rings is 2. The number of primary amides is 1. The molecule has 2 amide bonds. The summed E-state index contributed by atoms with van der Waals surface area (Å²) in [6.45, 7) is 0.354. The number of hydrogen-bond donors (Lipinski definition) is 1. The highest BCUT2D eigenvalue weighted by Gasteiger charge is 2.34. The van der Waals surface area contributed by atoms with Crippen molar-refractivity contribution in [2.24, 2.45) is 5.73 Å². The third-order valence-corrected chi connectivity index (χ3v) is 5.91. The van der Waals surface area contributed by atoms with E-state index in [9.17, 15) is 14.0 Å². The lowest BCUT2D eigenvalue weighted by molar-refractivity contribution is -0.122. The predicted molar refractivity (Wildman–Crippen MR) is 103 cm³/mol. The second kappa shape index (κ2) is 6.96. The normalized spacial score (nSPS) is 16.0. The topological polar surface area (TPSA) is 63.4 Å². The van der Waals surface area contributed by atoms with Crippen LogP contribution in [0.4, 0.5) is 4.39 Å². The summed E-state index contributed by atoms with van der Waals surface area (Å²) in [6.07, 6.45) is 0.424. The molecule has 1 aliphatic heterocycles. The Kier molecular flexibility index (Phi) is 4.49. The molecule has 2 aromatic carbocycles. The van der Waals surface area contributed by atoms with E-state index in [4.69, 9.17) is 5.73 Å². The van der Waals surface area contributed by atoms with Crippen molar-refractivity contribution in [1.82, 2.24) is 4.90 Å².